The lowest BCUT2D eigenvalue weighted by Gasteiger charge is -2.21. The van der Waals surface area contributed by atoms with E-state index in [1.54, 1.807) is 0 Å². The van der Waals surface area contributed by atoms with Gasteiger partial charge in [-0.15, -0.1) is 0 Å². The Bertz CT molecular complexity index is 1660. The van der Waals surface area contributed by atoms with E-state index >= 15 is 0 Å². The topological polar surface area (TPSA) is 311 Å². The zero-order valence-corrected chi connectivity index (χ0v) is 22.9. The number of phosphoric ester groups is 1. The number of benzene rings is 1. The molecule has 4 rings (SSSR count). The normalized spacial score (nSPS) is 22.4. The van der Waals surface area contributed by atoms with Gasteiger partial charge in [-0.05, 0) is 6.07 Å². The first kappa shape index (κ1) is 31.0. The number of hydrogen-bond donors (Lipinski definition) is 6. The molecule has 1 aromatic carbocycles. The van der Waals surface area contributed by atoms with Gasteiger partial charge in [0.2, 0.25) is 5.95 Å². The Morgan fingerprint density at radius 3 is 2.56 bits per heavy atom. The molecule has 1 saturated heterocycles. The SMILES string of the molecule is Nc1nc2c(ncn2[C@H]2C[C@H](OCc3ccccc3[N+](=O)[O-])[C@@H](COP(=O)(O)OP(=O)(O)OP(=O)(O)O)O2)c(=O)[nH]1. The molecule has 1 aliphatic rings. The van der Waals surface area contributed by atoms with Crippen molar-refractivity contribution in [2.45, 2.75) is 31.5 Å². The van der Waals surface area contributed by atoms with Crippen LogP contribution in [0.25, 0.3) is 11.2 Å². The van der Waals surface area contributed by atoms with Crippen molar-refractivity contribution in [2.75, 3.05) is 12.3 Å². The molecule has 0 spiro atoms. The van der Waals surface area contributed by atoms with Gasteiger partial charge in [0.15, 0.2) is 11.2 Å². The third-order valence-electron chi connectivity index (χ3n) is 5.40. The van der Waals surface area contributed by atoms with Gasteiger partial charge in [0.05, 0.1) is 36.1 Å². The Morgan fingerprint density at radius 2 is 1.88 bits per heavy atom. The quantitative estimate of drug-likeness (QED) is 0.0904. The van der Waals surface area contributed by atoms with Crippen LogP contribution < -0.4 is 11.3 Å². The summed E-state index contributed by atoms with van der Waals surface area (Å²) in [5.41, 5.74) is 4.85. The monoisotopic (exact) mass is 642 g/mol. The fourth-order valence-electron chi connectivity index (χ4n) is 3.83. The number of nitrogens with one attached hydrogen (secondary N) is 1. The molecule has 3 aromatic rings. The van der Waals surface area contributed by atoms with E-state index in [-0.39, 0.29) is 41.4 Å². The van der Waals surface area contributed by atoms with Crippen molar-refractivity contribution in [3.63, 3.8) is 0 Å². The van der Waals surface area contributed by atoms with Gasteiger partial charge >= 0.3 is 23.5 Å². The van der Waals surface area contributed by atoms with Crippen molar-refractivity contribution >= 4 is 46.3 Å². The molecule has 0 amide bonds. The molecule has 0 radical (unpaired) electrons. The minimum atomic E-state index is -5.77. The average Bonchev–Trinajstić information content (AvgIpc) is 3.43. The molecule has 24 heteroatoms. The predicted octanol–water partition coefficient (Wildman–Crippen LogP) is 0.826. The maximum atomic E-state index is 12.2. The Morgan fingerprint density at radius 1 is 1.17 bits per heavy atom. The van der Waals surface area contributed by atoms with Crippen LogP contribution in [0.4, 0.5) is 11.6 Å². The number of para-hydroxylation sites is 1. The van der Waals surface area contributed by atoms with Crippen LogP contribution in [0.5, 0.6) is 0 Å². The van der Waals surface area contributed by atoms with Crippen molar-refractivity contribution in [1.82, 2.24) is 19.5 Å². The maximum absolute atomic E-state index is 12.2. The number of phosphoric acid groups is 3. The molecular formula is C17H21N6O15P3. The van der Waals surface area contributed by atoms with E-state index < -0.39 is 59.0 Å². The molecule has 41 heavy (non-hydrogen) atoms. The van der Waals surface area contributed by atoms with Gasteiger partial charge in [-0.25, -0.2) is 18.7 Å². The number of aromatic amines is 1. The van der Waals surface area contributed by atoms with Crippen LogP contribution in [-0.2, 0) is 42.9 Å². The van der Waals surface area contributed by atoms with E-state index in [0.29, 0.717) is 0 Å². The number of nitro groups is 1. The highest BCUT2D eigenvalue weighted by Crippen LogP contribution is 2.66. The molecule has 224 valence electrons. The number of imidazole rings is 1. The van der Waals surface area contributed by atoms with Crippen molar-refractivity contribution in [1.29, 1.82) is 0 Å². The smallest absolute Gasteiger partial charge is 0.370 e. The van der Waals surface area contributed by atoms with Crippen LogP contribution in [0.3, 0.4) is 0 Å². The van der Waals surface area contributed by atoms with Crippen LogP contribution in [0, 0.1) is 10.1 Å². The molecule has 0 saturated carbocycles. The lowest BCUT2D eigenvalue weighted by Crippen LogP contribution is -2.29. The van der Waals surface area contributed by atoms with Crippen molar-refractivity contribution in [3.8, 4) is 0 Å². The Labute approximate surface area is 227 Å². The third-order valence-corrected chi connectivity index (χ3v) is 9.20. The molecule has 2 aromatic heterocycles. The summed E-state index contributed by atoms with van der Waals surface area (Å²) in [6.45, 7) is -1.19. The van der Waals surface area contributed by atoms with E-state index in [9.17, 15) is 38.4 Å². The summed E-state index contributed by atoms with van der Waals surface area (Å²) >= 11 is 0. The summed E-state index contributed by atoms with van der Waals surface area (Å²) in [6, 6.07) is 5.68. The van der Waals surface area contributed by atoms with Crippen LogP contribution in [-0.4, -0.2) is 62.8 Å². The Balaban J connectivity index is 1.55. The van der Waals surface area contributed by atoms with E-state index in [0.717, 1.165) is 0 Å². The number of nitrogens with two attached hydrogens (primary N) is 1. The zero-order valence-electron chi connectivity index (χ0n) is 20.2. The standard InChI is InChI=1S/C17H21N6O15P3/c18-17-20-15-14(16(24)21-17)19-8-22(15)13-5-11(34-6-9-3-1-2-4-10(9)23(25)26)12(36-13)7-35-40(30,31)38-41(32,33)37-39(27,28)29/h1-4,8,11-13H,5-7H2,(H,30,31)(H,32,33)(H2,27,28,29)(H3,18,20,21,24)/t11-,12+,13+/m0/s1. The molecular weight excluding hydrogens is 621 g/mol. The first-order valence-electron chi connectivity index (χ1n) is 11.0. The van der Waals surface area contributed by atoms with Crippen LogP contribution >= 0.6 is 23.5 Å². The van der Waals surface area contributed by atoms with E-state index in [4.69, 9.17) is 29.5 Å². The Kier molecular flexibility index (Phi) is 8.91. The van der Waals surface area contributed by atoms with Crippen molar-refractivity contribution in [2.24, 2.45) is 0 Å². The van der Waals surface area contributed by atoms with Crippen LogP contribution in [0.2, 0.25) is 0 Å². The van der Waals surface area contributed by atoms with Gasteiger partial charge in [0.25, 0.3) is 11.2 Å². The number of nitro benzene ring substituents is 1. The highest BCUT2D eigenvalue weighted by molar-refractivity contribution is 7.66. The average molecular weight is 642 g/mol. The van der Waals surface area contributed by atoms with Crippen LogP contribution in [0.15, 0.2) is 35.4 Å². The van der Waals surface area contributed by atoms with Crippen molar-refractivity contribution < 1.29 is 60.8 Å². The summed E-state index contributed by atoms with van der Waals surface area (Å²) in [6.07, 6.45) is -2.13. The van der Waals surface area contributed by atoms with Gasteiger partial charge in [0, 0.05) is 12.5 Å². The lowest BCUT2D eigenvalue weighted by molar-refractivity contribution is -0.386. The molecule has 1 fully saturated rings. The fraction of sp³-hybridized carbons (Fsp3) is 0.353. The maximum Gasteiger partial charge on any atom is 0.490 e. The second-order valence-corrected chi connectivity index (χ2v) is 12.7. The number of hydrogen-bond acceptors (Lipinski definition) is 14. The van der Waals surface area contributed by atoms with Gasteiger partial charge in [-0.3, -0.25) is 29.0 Å². The number of anilines is 1. The number of aromatic nitrogens is 4. The summed E-state index contributed by atoms with van der Waals surface area (Å²) < 4.78 is 59.8. The highest BCUT2D eigenvalue weighted by Gasteiger charge is 2.43. The number of nitrogen functional groups attached to an aromatic ring is 1. The molecule has 0 bridgehead atoms. The minimum absolute atomic E-state index is 0.0160. The number of rotatable bonds is 12. The number of nitrogens with zero attached hydrogens (tertiary/aromatic N) is 4. The molecule has 7 N–H and O–H groups in total. The first-order chi connectivity index (χ1) is 19.0. The molecule has 1 aliphatic heterocycles. The van der Waals surface area contributed by atoms with E-state index in [1.165, 1.54) is 35.2 Å². The predicted molar refractivity (Wildman–Crippen MR) is 133 cm³/mol. The first-order valence-corrected chi connectivity index (χ1v) is 15.6. The van der Waals surface area contributed by atoms with E-state index in [2.05, 4.69) is 23.6 Å². The fourth-order valence-corrected chi connectivity index (χ4v) is 6.86. The molecule has 2 unspecified atom stereocenters. The molecule has 0 aliphatic carbocycles. The lowest BCUT2D eigenvalue weighted by atomic mass is 10.1. The minimum Gasteiger partial charge on any atom is -0.370 e. The van der Waals surface area contributed by atoms with Gasteiger partial charge < -0.3 is 34.8 Å². The second kappa shape index (κ2) is 11.8. The van der Waals surface area contributed by atoms with Gasteiger partial charge in [0.1, 0.15) is 12.3 Å². The summed E-state index contributed by atoms with van der Waals surface area (Å²) in [4.78, 5) is 69.7. The molecule has 3 heterocycles. The zero-order chi connectivity index (χ0) is 30.2. The van der Waals surface area contributed by atoms with Crippen molar-refractivity contribution in [3.05, 3.63) is 56.6 Å². The molecule has 21 nitrogen and oxygen atoms in total. The summed E-state index contributed by atoms with van der Waals surface area (Å²) in [5.74, 6) is -0.226. The largest absolute Gasteiger partial charge is 0.490 e. The van der Waals surface area contributed by atoms with Gasteiger partial charge in [-0.2, -0.15) is 13.6 Å². The highest BCUT2D eigenvalue weighted by atomic mass is 31.3. The number of fused-ring (bicyclic) bond motifs is 1. The molecule has 5 atom stereocenters. The third kappa shape index (κ3) is 7.89. The number of ether oxygens (including phenoxy) is 2. The Hall–Kier alpha value is -2.90. The summed E-state index contributed by atoms with van der Waals surface area (Å²) in [5, 5.41) is 11.4. The van der Waals surface area contributed by atoms with Crippen LogP contribution in [0.1, 0.15) is 18.2 Å². The van der Waals surface area contributed by atoms with Gasteiger partial charge in [-0.1, -0.05) is 12.1 Å². The summed E-state index contributed by atoms with van der Waals surface area (Å²) in [7, 11) is -16.9. The number of H-pyrrole nitrogens is 1. The van der Waals surface area contributed by atoms with E-state index in [1.807, 2.05) is 0 Å². The second-order valence-electron chi connectivity index (χ2n) is 8.26.